The van der Waals surface area contributed by atoms with Crippen molar-refractivity contribution in [2.45, 2.75) is 53.1 Å². The molecule has 1 aliphatic heterocycles. The van der Waals surface area contributed by atoms with Crippen LogP contribution < -0.4 is 10.1 Å². The molecule has 2 aromatic heterocycles. The normalized spacial score (nSPS) is 14.4. The second kappa shape index (κ2) is 10.4. The SMILES string of the molecule is CC.CC(C)(O)c1ccc(-c2ccc3c(n2)Oc2ccccc2C3C(C)(C)C(=O)Nc2nncs2)cc1. The van der Waals surface area contributed by atoms with Crippen molar-refractivity contribution in [2.24, 2.45) is 5.41 Å². The van der Waals surface area contributed by atoms with Crippen LogP contribution in [0.15, 0.2) is 66.2 Å². The number of pyridine rings is 1. The molecule has 2 aromatic carbocycles. The van der Waals surface area contributed by atoms with Crippen LogP contribution in [0.5, 0.6) is 11.6 Å². The average Bonchev–Trinajstić information content (AvgIpc) is 3.40. The van der Waals surface area contributed by atoms with E-state index in [4.69, 9.17) is 9.72 Å². The van der Waals surface area contributed by atoms with Crippen molar-refractivity contribution in [3.05, 3.63) is 82.9 Å². The molecule has 7 nitrogen and oxygen atoms in total. The van der Waals surface area contributed by atoms with Crippen LogP contribution in [0.1, 0.15) is 64.2 Å². The van der Waals surface area contributed by atoms with Gasteiger partial charge in [0.05, 0.1) is 16.7 Å². The number of rotatable bonds is 5. The van der Waals surface area contributed by atoms with E-state index in [9.17, 15) is 9.90 Å². The number of para-hydroxylation sites is 1. The van der Waals surface area contributed by atoms with Gasteiger partial charge in [0, 0.05) is 22.6 Å². The number of fused-ring (bicyclic) bond motifs is 2. The molecule has 4 aromatic rings. The fraction of sp³-hybridized carbons (Fsp3) is 0.310. The summed E-state index contributed by atoms with van der Waals surface area (Å²) in [7, 11) is 0. The van der Waals surface area contributed by atoms with Crippen LogP contribution >= 0.6 is 11.3 Å². The zero-order valence-electron chi connectivity index (χ0n) is 21.9. The number of amides is 1. The number of nitrogens with one attached hydrogen (secondary N) is 1. The standard InChI is InChI=1S/C27H26N4O3S.C2H6/c1-26(2,24(32)30-25-31-28-15-35-25)22-18-7-5-6-8-21(18)34-23-19(22)13-14-20(29-23)16-9-11-17(12-10-16)27(3,4)33;1-2/h5-15,22,33H,1-4H3,(H,30,31,32);1-2H3. The van der Waals surface area contributed by atoms with E-state index in [0.717, 1.165) is 27.9 Å². The zero-order valence-corrected chi connectivity index (χ0v) is 22.8. The number of benzene rings is 2. The maximum absolute atomic E-state index is 13.4. The zero-order chi connectivity index (χ0) is 26.8. The third-order valence-electron chi connectivity index (χ3n) is 6.41. The highest BCUT2D eigenvalue weighted by molar-refractivity contribution is 7.13. The van der Waals surface area contributed by atoms with Gasteiger partial charge in [-0.25, -0.2) is 4.98 Å². The average molecular weight is 517 g/mol. The molecule has 0 saturated carbocycles. The molecule has 192 valence electrons. The molecular formula is C29H32N4O3S. The van der Waals surface area contributed by atoms with Crippen molar-refractivity contribution in [1.82, 2.24) is 15.2 Å². The lowest BCUT2D eigenvalue weighted by atomic mass is 9.69. The Labute approximate surface area is 221 Å². The van der Waals surface area contributed by atoms with Crippen LogP contribution in [0.3, 0.4) is 0 Å². The summed E-state index contributed by atoms with van der Waals surface area (Å²) in [6.45, 7) is 11.4. The van der Waals surface area contributed by atoms with Gasteiger partial charge < -0.3 is 15.2 Å². The van der Waals surface area contributed by atoms with Crippen molar-refractivity contribution in [1.29, 1.82) is 0 Å². The number of nitrogens with zero attached hydrogens (tertiary/aromatic N) is 3. The van der Waals surface area contributed by atoms with Crippen molar-refractivity contribution < 1.29 is 14.6 Å². The summed E-state index contributed by atoms with van der Waals surface area (Å²) in [5.74, 6) is 0.723. The van der Waals surface area contributed by atoms with Crippen LogP contribution in [0.25, 0.3) is 11.3 Å². The molecule has 8 heteroatoms. The van der Waals surface area contributed by atoms with Gasteiger partial charge in [0.1, 0.15) is 11.3 Å². The lowest BCUT2D eigenvalue weighted by molar-refractivity contribution is -0.124. The molecule has 0 fully saturated rings. The molecule has 0 saturated heterocycles. The number of carbonyl (C=O) groups is 1. The number of anilines is 1. The number of carbonyl (C=O) groups excluding carboxylic acids is 1. The molecule has 0 radical (unpaired) electrons. The minimum Gasteiger partial charge on any atom is -0.438 e. The topological polar surface area (TPSA) is 97.2 Å². The first-order chi connectivity index (χ1) is 17.6. The van der Waals surface area contributed by atoms with Gasteiger partial charge in [0.25, 0.3) is 0 Å². The first-order valence-electron chi connectivity index (χ1n) is 12.3. The van der Waals surface area contributed by atoms with Gasteiger partial charge in [-0.3, -0.25) is 4.79 Å². The van der Waals surface area contributed by atoms with E-state index in [1.807, 2.05) is 88.4 Å². The highest BCUT2D eigenvalue weighted by Crippen LogP contribution is 2.52. The maximum atomic E-state index is 13.4. The van der Waals surface area contributed by atoms with Crippen molar-refractivity contribution in [3.63, 3.8) is 0 Å². The highest BCUT2D eigenvalue weighted by atomic mass is 32.1. The molecule has 37 heavy (non-hydrogen) atoms. The summed E-state index contributed by atoms with van der Waals surface area (Å²) in [5.41, 5.74) is 4.10. The van der Waals surface area contributed by atoms with E-state index in [1.54, 1.807) is 19.4 Å². The van der Waals surface area contributed by atoms with Crippen LogP contribution in [-0.4, -0.2) is 26.2 Å². The Morgan fingerprint density at radius 3 is 2.32 bits per heavy atom. The number of hydrogen-bond acceptors (Lipinski definition) is 7. The summed E-state index contributed by atoms with van der Waals surface area (Å²) in [6.07, 6.45) is 0. The molecule has 5 rings (SSSR count). The van der Waals surface area contributed by atoms with E-state index < -0.39 is 11.0 Å². The first kappa shape index (κ1) is 26.4. The fourth-order valence-electron chi connectivity index (χ4n) is 4.44. The Morgan fingerprint density at radius 2 is 1.68 bits per heavy atom. The van der Waals surface area contributed by atoms with Crippen LogP contribution in [0.4, 0.5) is 5.13 Å². The third-order valence-corrected chi connectivity index (χ3v) is 7.02. The number of hydrogen-bond donors (Lipinski definition) is 2. The molecule has 0 spiro atoms. The Hall–Kier alpha value is -3.62. The minimum absolute atomic E-state index is 0.159. The molecule has 2 N–H and O–H groups in total. The van der Waals surface area contributed by atoms with Gasteiger partial charge in [-0.1, -0.05) is 87.6 Å². The quantitative estimate of drug-likeness (QED) is 0.304. The van der Waals surface area contributed by atoms with Gasteiger partial charge in [-0.05, 0) is 31.5 Å². The smallest absolute Gasteiger partial charge is 0.232 e. The van der Waals surface area contributed by atoms with Crippen molar-refractivity contribution in [2.75, 3.05) is 5.32 Å². The third kappa shape index (κ3) is 5.26. The van der Waals surface area contributed by atoms with Gasteiger partial charge >= 0.3 is 0 Å². The van der Waals surface area contributed by atoms with Crippen LogP contribution in [-0.2, 0) is 10.4 Å². The summed E-state index contributed by atoms with van der Waals surface area (Å²) in [6, 6.07) is 19.4. The number of ether oxygens (including phenoxy) is 1. The monoisotopic (exact) mass is 516 g/mol. The molecule has 1 atom stereocenters. The Kier molecular flexibility index (Phi) is 7.43. The summed E-state index contributed by atoms with van der Waals surface area (Å²) in [4.78, 5) is 18.2. The molecular weight excluding hydrogens is 484 g/mol. The van der Waals surface area contributed by atoms with Crippen molar-refractivity contribution >= 4 is 22.4 Å². The van der Waals surface area contributed by atoms with Crippen LogP contribution in [0, 0.1) is 5.41 Å². The highest BCUT2D eigenvalue weighted by Gasteiger charge is 2.44. The van der Waals surface area contributed by atoms with Gasteiger partial charge in [-0.15, -0.1) is 10.2 Å². The predicted molar refractivity (Wildman–Crippen MR) is 147 cm³/mol. The largest absolute Gasteiger partial charge is 0.438 e. The Balaban J connectivity index is 0.00000156. The Morgan fingerprint density at radius 1 is 0.973 bits per heavy atom. The molecule has 0 bridgehead atoms. The van der Waals surface area contributed by atoms with Crippen molar-refractivity contribution in [3.8, 4) is 22.9 Å². The summed E-state index contributed by atoms with van der Waals surface area (Å²) in [5, 5.41) is 21.4. The van der Waals surface area contributed by atoms with E-state index >= 15 is 0 Å². The maximum Gasteiger partial charge on any atom is 0.232 e. The van der Waals surface area contributed by atoms with E-state index in [-0.39, 0.29) is 11.8 Å². The van der Waals surface area contributed by atoms with E-state index in [2.05, 4.69) is 15.5 Å². The van der Waals surface area contributed by atoms with Gasteiger partial charge in [0.15, 0.2) is 0 Å². The van der Waals surface area contributed by atoms with Crippen LogP contribution in [0.2, 0.25) is 0 Å². The summed E-state index contributed by atoms with van der Waals surface area (Å²) < 4.78 is 6.23. The summed E-state index contributed by atoms with van der Waals surface area (Å²) >= 11 is 1.28. The lowest BCUT2D eigenvalue weighted by Crippen LogP contribution is -2.38. The predicted octanol–water partition coefficient (Wildman–Crippen LogP) is 6.76. The van der Waals surface area contributed by atoms with Gasteiger partial charge in [-0.2, -0.15) is 0 Å². The molecule has 3 heterocycles. The second-order valence-electron chi connectivity index (χ2n) is 9.72. The molecule has 1 aliphatic rings. The molecule has 0 aliphatic carbocycles. The fourth-order valence-corrected chi connectivity index (χ4v) is 4.88. The second-order valence-corrected chi connectivity index (χ2v) is 10.6. The first-order valence-corrected chi connectivity index (χ1v) is 13.2. The molecule has 1 amide bonds. The lowest BCUT2D eigenvalue weighted by Gasteiger charge is -2.37. The minimum atomic E-state index is -0.914. The number of aliphatic hydroxyl groups is 1. The Bertz CT molecular complexity index is 1380. The van der Waals surface area contributed by atoms with E-state index in [1.165, 1.54) is 11.3 Å². The van der Waals surface area contributed by atoms with Gasteiger partial charge in [0.2, 0.25) is 16.9 Å². The number of aromatic nitrogens is 3. The van der Waals surface area contributed by atoms with E-state index in [0.29, 0.717) is 16.8 Å². The molecule has 1 unspecified atom stereocenters.